The van der Waals surface area contributed by atoms with Crippen LogP contribution in [0.15, 0.2) is 58.7 Å². The van der Waals surface area contributed by atoms with Gasteiger partial charge in [-0.15, -0.1) is 11.3 Å². The topological polar surface area (TPSA) is 90.3 Å². The number of carbonyl (C=O) groups excluding carboxylic acids is 2. The fraction of sp³-hybridized carbons (Fsp3) is 0.130. The van der Waals surface area contributed by atoms with Gasteiger partial charge in [-0.1, -0.05) is 35.9 Å². The van der Waals surface area contributed by atoms with E-state index in [1.165, 1.54) is 0 Å². The minimum Gasteiger partial charge on any atom is -0.461 e. The molecule has 0 saturated heterocycles. The molecule has 0 aliphatic rings. The zero-order valence-electron chi connectivity index (χ0n) is 17.2. The molecule has 2 aromatic heterocycles. The van der Waals surface area contributed by atoms with E-state index in [4.69, 9.17) is 16.3 Å². The molecule has 0 bridgehead atoms. The second-order valence-electron chi connectivity index (χ2n) is 6.89. The number of halogens is 1. The summed E-state index contributed by atoms with van der Waals surface area (Å²) in [6.45, 7) is 3.67. The molecule has 162 valence electrons. The van der Waals surface area contributed by atoms with Crippen LogP contribution in [-0.2, 0) is 4.74 Å². The molecule has 9 heteroatoms. The molecule has 0 unspecified atom stereocenters. The van der Waals surface area contributed by atoms with Crippen molar-refractivity contribution in [2.45, 2.75) is 13.8 Å². The molecule has 0 aliphatic heterocycles. The summed E-state index contributed by atoms with van der Waals surface area (Å²) < 4.78 is 6.23. The Hall–Kier alpha value is -3.49. The van der Waals surface area contributed by atoms with Gasteiger partial charge in [0.15, 0.2) is 5.69 Å². The first-order valence-electron chi connectivity index (χ1n) is 9.75. The number of fused-ring (bicyclic) bond motifs is 1. The number of thiophene rings is 1. The van der Waals surface area contributed by atoms with Crippen LogP contribution in [0.1, 0.15) is 33.3 Å². The van der Waals surface area contributed by atoms with Gasteiger partial charge in [0.2, 0.25) is 0 Å². The number of carbonyl (C=O) groups is 2. The van der Waals surface area contributed by atoms with Gasteiger partial charge in [-0.3, -0.25) is 9.59 Å². The number of amides is 1. The summed E-state index contributed by atoms with van der Waals surface area (Å²) >= 11 is 7.23. The van der Waals surface area contributed by atoms with Crippen molar-refractivity contribution in [1.82, 2.24) is 9.78 Å². The molecular formula is C23H18ClN3O4S. The molecule has 32 heavy (non-hydrogen) atoms. The lowest BCUT2D eigenvalue weighted by molar-refractivity contribution is 0.0520. The summed E-state index contributed by atoms with van der Waals surface area (Å²) in [4.78, 5) is 38.9. The Labute approximate surface area is 192 Å². The van der Waals surface area contributed by atoms with Gasteiger partial charge in [-0.05, 0) is 43.7 Å². The fourth-order valence-electron chi connectivity index (χ4n) is 3.27. The van der Waals surface area contributed by atoms with Gasteiger partial charge in [0.25, 0.3) is 11.5 Å². The predicted molar refractivity (Wildman–Crippen MR) is 125 cm³/mol. The minimum atomic E-state index is -0.664. The van der Waals surface area contributed by atoms with E-state index in [0.717, 1.165) is 21.6 Å². The number of ether oxygens (including phenoxy) is 1. The Morgan fingerprint density at radius 3 is 2.69 bits per heavy atom. The maximum atomic E-state index is 13.4. The molecule has 7 nitrogen and oxygen atoms in total. The van der Waals surface area contributed by atoms with Crippen molar-refractivity contribution < 1.29 is 14.3 Å². The highest BCUT2D eigenvalue weighted by atomic mass is 35.5. The number of hydrogen-bond acceptors (Lipinski definition) is 6. The molecule has 0 fully saturated rings. The number of aryl methyl sites for hydroxylation is 1. The number of aromatic nitrogens is 2. The number of esters is 1. The molecule has 4 rings (SSSR count). The van der Waals surface area contributed by atoms with E-state index in [2.05, 4.69) is 10.4 Å². The number of nitrogens with zero attached hydrogens (tertiary/aromatic N) is 2. The Bertz CT molecular complexity index is 1410. The second kappa shape index (κ2) is 8.94. The van der Waals surface area contributed by atoms with Crippen LogP contribution in [0.2, 0.25) is 5.02 Å². The number of nitrogens with one attached hydrogen (secondary N) is 1. The predicted octanol–water partition coefficient (Wildman–Crippen LogP) is 4.84. The van der Waals surface area contributed by atoms with E-state index in [-0.39, 0.29) is 23.6 Å². The summed E-state index contributed by atoms with van der Waals surface area (Å²) in [5.74, 6) is -1.02. The molecule has 1 amide bonds. The largest absolute Gasteiger partial charge is 0.461 e. The number of hydrogen-bond donors (Lipinski definition) is 1. The molecule has 0 aliphatic carbocycles. The Balaban J connectivity index is 1.91. The Kier molecular flexibility index (Phi) is 6.07. The zero-order valence-corrected chi connectivity index (χ0v) is 18.8. The van der Waals surface area contributed by atoms with Crippen molar-refractivity contribution in [3.8, 4) is 5.69 Å². The van der Waals surface area contributed by atoms with Crippen molar-refractivity contribution in [1.29, 1.82) is 0 Å². The molecule has 0 radical (unpaired) electrons. The molecule has 2 heterocycles. The first-order valence-corrected chi connectivity index (χ1v) is 11.0. The van der Waals surface area contributed by atoms with Gasteiger partial charge in [0, 0.05) is 21.4 Å². The number of benzene rings is 2. The van der Waals surface area contributed by atoms with Crippen LogP contribution in [0.3, 0.4) is 0 Å². The van der Waals surface area contributed by atoms with Crippen LogP contribution in [0.5, 0.6) is 0 Å². The first kappa shape index (κ1) is 21.7. The van der Waals surface area contributed by atoms with E-state index < -0.39 is 11.5 Å². The van der Waals surface area contributed by atoms with Crippen molar-refractivity contribution >= 4 is 50.6 Å². The molecule has 0 saturated carbocycles. The molecule has 0 atom stereocenters. The van der Waals surface area contributed by atoms with E-state index in [0.29, 0.717) is 26.7 Å². The molecule has 1 N–H and O–H groups in total. The first-order chi connectivity index (χ1) is 15.4. The van der Waals surface area contributed by atoms with Gasteiger partial charge in [-0.2, -0.15) is 9.78 Å². The van der Waals surface area contributed by atoms with Crippen molar-refractivity contribution in [3.05, 3.63) is 86.1 Å². The van der Waals surface area contributed by atoms with Gasteiger partial charge >= 0.3 is 5.97 Å². The average molecular weight is 468 g/mol. The third kappa shape index (κ3) is 4.02. The monoisotopic (exact) mass is 467 g/mol. The SMILES string of the molecule is CCOC(=O)c1nn(-c2cccc(Cl)c2)c(=O)c2c(NC(=O)c3ccccc3C)scc12. The quantitative estimate of drug-likeness (QED) is 0.424. The summed E-state index contributed by atoms with van der Waals surface area (Å²) in [5, 5.41) is 9.91. The Morgan fingerprint density at radius 1 is 1.19 bits per heavy atom. The van der Waals surface area contributed by atoms with E-state index in [9.17, 15) is 14.4 Å². The van der Waals surface area contributed by atoms with E-state index in [1.54, 1.807) is 48.7 Å². The molecule has 4 aromatic rings. The fourth-order valence-corrected chi connectivity index (χ4v) is 4.39. The normalized spacial score (nSPS) is 10.8. The van der Waals surface area contributed by atoms with Crippen LogP contribution in [-0.4, -0.2) is 28.3 Å². The second-order valence-corrected chi connectivity index (χ2v) is 8.20. The zero-order chi connectivity index (χ0) is 22.8. The Morgan fingerprint density at radius 2 is 1.97 bits per heavy atom. The van der Waals surface area contributed by atoms with E-state index in [1.807, 2.05) is 19.1 Å². The molecular weight excluding hydrogens is 450 g/mol. The van der Waals surface area contributed by atoms with Crippen molar-refractivity contribution in [3.63, 3.8) is 0 Å². The minimum absolute atomic E-state index is 0.0194. The summed E-state index contributed by atoms with van der Waals surface area (Å²) in [6, 6.07) is 13.7. The lowest BCUT2D eigenvalue weighted by atomic mass is 10.1. The highest BCUT2D eigenvalue weighted by Crippen LogP contribution is 2.31. The maximum absolute atomic E-state index is 13.4. The summed E-state index contributed by atoms with van der Waals surface area (Å²) in [5.41, 5.74) is 1.17. The highest BCUT2D eigenvalue weighted by molar-refractivity contribution is 7.16. The van der Waals surface area contributed by atoms with Crippen LogP contribution in [0, 0.1) is 6.92 Å². The standard InChI is InChI=1S/C23H18ClN3O4S/c1-3-31-23(30)19-17-12-32-21(25-20(28)16-10-5-4-7-13(16)2)18(17)22(29)27(26-19)15-9-6-8-14(24)11-15/h4-12H,3H2,1-2H3,(H,25,28). The van der Waals surface area contributed by atoms with E-state index >= 15 is 0 Å². The van der Waals surface area contributed by atoms with Gasteiger partial charge in [-0.25, -0.2) is 4.79 Å². The number of anilines is 1. The van der Waals surface area contributed by atoms with Crippen molar-refractivity contribution in [2.24, 2.45) is 0 Å². The summed E-state index contributed by atoms with van der Waals surface area (Å²) in [7, 11) is 0. The van der Waals surface area contributed by atoms with Crippen LogP contribution in [0.4, 0.5) is 5.00 Å². The van der Waals surface area contributed by atoms with Crippen LogP contribution in [0.25, 0.3) is 16.5 Å². The van der Waals surface area contributed by atoms with Crippen molar-refractivity contribution in [2.75, 3.05) is 11.9 Å². The highest BCUT2D eigenvalue weighted by Gasteiger charge is 2.23. The lowest BCUT2D eigenvalue weighted by Crippen LogP contribution is -2.25. The van der Waals surface area contributed by atoms with Gasteiger partial charge in [0.05, 0.1) is 17.7 Å². The maximum Gasteiger partial charge on any atom is 0.359 e. The van der Waals surface area contributed by atoms with Crippen LogP contribution >= 0.6 is 22.9 Å². The third-order valence-corrected chi connectivity index (χ3v) is 5.92. The van der Waals surface area contributed by atoms with Gasteiger partial charge in [0.1, 0.15) is 5.00 Å². The lowest BCUT2D eigenvalue weighted by Gasteiger charge is -2.10. The van der Waals surface area contributed by atoms with Gasteiger partial charge < -0.3 is 10.1 Å². The molecule has 2 aromatic carbocycles. The average Bonchev–Trinajstić information content (AvgIpc) is 3.18. The smallest absolute Gasteiger partial charge is 0.359 e. The number of rotatable bonds is 5. The molecule has 0 spiro atoms. The summed E-state index contributed by atoms with van der Waals surface area (Å²) in [6.07, 6.45) is 0. The van der Waals surface area contributed by atoms with Crippen LogP contribution < -0.4 is 10.9 Å². The third-order valence-electron chi connectivity index (χ3n) is 4.79.